The first kappa shape index (κ1) is 12.6. The number of nitrogens with one attached hydrogen (secondary N) is 1. The van der Waals surface area contributed by atoms with Crippen LogP contribution in [0.25, 0.3) is 0 Å². The Labute approximate surface area is 108 Å². The molecule has 3 nitrogen and oxygen atoms in total. The number of aryl methyl sites for hydroxylation is 1. The molecule has 0 radical (unpaired) electrons. The van der Waals surface area contributed by atoms with Crippen molar-refractivity contribution in [2.45, 2.75) is 20.0 Å². The second-order valence-corrected chi connectivity index (χ2v) is 4.32. The van der Waals surface area contributed by atoms with Crippen molar-refractivity contribution >= 4 is 5.82 Å². The van der Waals surface area contributed by atoms with Crippen LogP contribution in [-0.2, 0) is 13.0 Å². The molecule has 0 aliphatic heterocycles. The van der Waals surface area contributed by atoms with Crippen molar-refractivity contribution in [1.82, 2.24) is 4.98 Å². The lowest BCUT2D eigenvalue weighted by molar-refractivity contribution is 0.282. The normalized spacial score (nSPS) is 10.3. The molecule has 3 heteroatoms. The van der Waals surface area contributed by atoms with E-state index in [1.54, 1.807) is 0 Å². The Morgan fingerprint density at radius 3 is 2.44 bits per heavy atom. The minimum absolute atomic E-state index is 0.103. The van der Waals surface area contributed by atoms with Crippen molar-refractivity contribution in [3.8, 4) is 0 Å². The van der Waals surface area contributed by atoms with E-state index >= 15 is 0 Å². The zero-order valence-corrected chi connectivity index (χ0v) is 10.6. The van der Waals surface area contributed by atoms with Gasteiger partial charge in [0.25, 0.3) is 0 Å². The van der Waals surface area contributed by atoms with Crippen LogP contribution in [0.15, 0.2) is 42.5 Å². The first-order valence-electron chi connectivity index (χ1n) is 6.14. The summed E-state index contributed by atoms with van der Waals surface area (Å²) in [6, 6.07) is 14.0. The minimum Gasteiger partial charge on any atom is -0.392 e. The van der Waals surface area contributed by atoms with E-state index in [4.69, 9.17) is 5.11 Å². The second kappa shape index (κ2) is 6.17. The van der Waals surface area contributed by atoms with E-state index in [9.17, 15) is 0 Å². The van der Waals surface area contributed by atoms with Crippen molar-refractivity contribution in [3.63, 3.8) is 0 Å². The summed E-state index contributed by atoms with van der Waals surface area (Å²) in [7, 11) is 0. The third-order valence-electron chi connectivity index (χ3n) is 2.81. The zero-order valence-electron chi connectivity index (χ0n) is 10.6. The Hall–Kier alpha value is -1.87. The molecule has 0 spiro atoms. The Morgan fingerprint density at radius 2 is 1.78 bits per heavy atom. The highest BCUT2D eigenvalue weighted by Gasteiger charge is 1.96. The van der Waals surface area contributed by atoms with Gasteiger partial charge in [0.05, 0.1) is 6.61 Å². The van der Waals surface area contributed by atoms with Crippen LogP contribution >= 0.6 is 0 Å². The van der Waals surface area contributed by atoms with Gasteiger partial charge in [0.2, 0.25) is 0 Å². The fourth-order valence-electron chi connectivity index (χ4n) is 1.79. The molecule has 0 aliphatic carbocycles. The average molecular weight is 242 g/mol. The van der Waals surface area contributed by atoms with Crippen LogP contribution in [0, 0.1) is 6.92 Å². The van der Waals surface area contributed by atoms with Crippen LogP contribution in [0.4, 0.5) is 5.82 Å². The van der Waals surface area contributed by atoms with E-state index in [2.05, 4.69) is 22.4 Å². The van der Waals surface area contributed by atoms with Crippen molar-refractivity contribution in [3.05, 3.63) is 59.3 Å². The van der Waals surface area contributed by atoms with Gasteiger partial charge in [-0.15, -0.1) is 0 Å². The van der Waals surface area contributed by atoms with Gasteiger partial charge in [0.1, 0.15) is 5.82 Å². The highest BCUT2D eigenvalue weighted by molar-refractivity contribution is 5.35. The molecule has 0 saturated heterocycles. The van der Waals surface area contributed by atoms with Crippen molar-refractivity contribution in [2.24, 2.45) is 0 Å². The molecule has 0 saturated carbocycles. The smallest absolute Gasteiger partial charge is 0.126 e. The molecule has 0 amide bonds. The van der Waals surface area contributed by atoms with E-state index in [1.165, 1.54) is 5.56 Å². The zero-order chi connectivity index (χ0) is 12.8. The predicted octanol–water partition coefficient (Wildman–Crippen LogP) is 2.54. The Bertz CT molecular complexity index is 494. The lowest BCUT2D eigenvalue weighted by atomic mass is 10.1. The number of aromatic nitrogens is 1. The third kappa shape index (κ3) is 3.57. The molecule has 2 N–H and O–H groups in total. The molecule has 1 heterocycles. The molecule has 0 aliphatic rings. The van der Waals surface area contributed by atoms with Gasteiger partial charge in [-0.2, -0.15) is 0 Å². The average Bonchev–Trinajstić information content (AvgIpc) is 2.40. The monoisotopic (exact) mass is 242 g/mol. The number of aliphatic hydroxyl groups is 1. The van der Waals surface area contributed by atoms with Crippen LogP contribution in [0.5, 0.6) is 0 Å². The molecule has 18 heavy (non-hydrogen) atoms. The van der Waals surface area contributed by atoms with Crippen LogP contribution in [0.2, 0.25) is 0 Å². The summed E-state index contributed by atoms with van der Waals surface area (Å²) in [5.74, 6) is 0.918. The molecule has 2 aromatic rings. The molecular formula is C15H18N2O. The summed E-state index contributed by atoms with van der Waals surface area (Å²) in [6.07, 6.45) is 0.946. The Kier molecular flexibility index (Phi) is 4.31. The maximum absolute atomic E-state index is 8.96. The first-order chi connectivity index (χ1) is 8.78. The predicted molar refractivity (Wildman–Crippen MR) is 73.5 cm³/mol. The lowest BCUT2D eigenvalue weighted by Crippen LogP contribution is -2.06. The SMILES string of the molecule is Cc1cccc(NCCc2ccc(CO)cc2)n1. The van der Waals surface area contributed by atoms with Crippen LogP contribution in [0.1, 0.15) is 16.8 Å². The summed E-state index contributed by atoms with van der Waals surface area (Å²) in [6.45, 7) is 2.94. The molecule has 0 atom stereocenters. The van der Waals surface area contributed by atoms with Gasteiger partial charge in [0, 0.05) is 12.2 Å². The van der Waals surface area contributed by atoms with Crippen LogP contribution in [0.3, 0.4) is 0 Å². The summed E-state index contributed by atoms with van der Waals surface area (Å²) in [4.78, 5) is 4.39. The van der Waals surface area contributed by atoms with Crippen LogP contribution < -0.4 is 5.32 Å². The van der Waals surface area contributed by atoms with E-state index in [0.29, 0.717) is 0 Å². The van der Waals surface area contributed by atoms with Gasteiger partial charge in [-0.3, -0.25) is 0 Å². The Morgan fingerprint density at radius 1 is 1.06 bits per heavy atom. The van der Waals surface area contributed by atoms with Crippen molar-refractivity contribution in [1.29, 1.82) is 0 Å². The highest BCUT2D eigenvalue weighted by atomic mass is 16.3. The lowest BCUT2D eigenvalue weighted by Gasteiger charge is -2.06. The fraction of sp³-hybridized carbons (Fsp3) is 0.267. The van der Waals surface area contributed by atoms with Gasteiger partial charge in [-0.25, -0.2) is 4.98 Å². The van der Waals surface area contributed by atoms with Gasteiger partial charge in [0.15, 0.2) is 0 Å². The van der Waals surface area contributed by atoms with Crippen molar-refractivity contribution in [2.75, 3.05) is 11.9 Å². The number of hydrogen-bond acceptors (Lipinski definition) is 3. The summed E-state index contributed by atoms with van der Waals surface area (Å²) in [5, 5.41) is 12.3. The topological polar surface area (TPSA) is 45.1 Å². The molecule has 1 aromatic carbocycles. The molecule has 0 unspecified atom stereocenters. The molecule has 0 fully saturated rings. The molecule has 1 aromatic heterocycles. The molecule has 94 valence electrons. The van der Waals surface area contributed by atoms with Gasteiger partial charge < -0.3 is 10.4 Å². The minimum atomic E-state index is 0.103. The standard InChI is InChI=1S/C15H18N2O/c1-12-3-2-4-15(17-12)16-10-9-13-5-7-14(11-18)8-6-13/h2-8,18H,9-11H2,1H3,(H,16,17). The maximum atomic E-state index is 8.96. The van der Waals surface area contributed by atoms with E-state index in [0.717, 1.165) is 30.0 Å². The molecule has 0 bridgehead atoms. The highest BCUT2D eigenvalue weighted by Crippen LogP contribution is 2.07. The summed E-state index contributed by atoms with van der Waals surface area (Å²) < 4.78 is 0. The van der Waals surface area contributed by atoms with Crippen LogP contribution in [-0.4, -0.2) is 16.6 Å². The largest absolute Gasteiger partial charge is 0.392 e. The first-order valence-corrected chi connectivity index (χ1v) is 6.14. The quantitative estimate of drug-likeness (QED) is 0.847. The molecular weight excluding hydrogens is 224 g/mol. The van der Waals surface area contributed by atoms with Gasteiger partial charge in [-0.05, 0) is 36.6 Å². The maximum Gasteiger partial charge on any atom is 0.126 e. The van der Waals surface area contributed by atoms with Crippen molar-refractivity contribution < 1.29 is 5.11 Å². The second-order valence-electron chi connectivity index (χ2n) is 4.32. The number of rotatable bonds is 5. The number of benzene rings is 1. The molecule has 2 rings (SSSR count). The summed E-state index contributed by atoms with van der Waals surface area (Å²) in [5.41, 5.74) is 3.23. The van der Waals surface area contributed by atoms with Gasteiger partial charge >= 0.3 is 0 Å². The number of pyridine rings is 1. The fourth-order valence-corrected chi connectivity index (χ4v) is 1.79. The van der Waals surface area contributed by atoms with Gasteiger partial charge in [-0.1, -0.05) is 30.3 Å². The number of hydrogen-bond donors (Lipinski definition) is 2. The van der Waals surface area contributed by atoms with E-state index in [1.807, 2.05) is 37.3 Å². The Balaban J connectivity index is 1.84. The van der Waals surface area contributed by atoms with E-state index in [-0.39, 0.29) is 6.61 Å². The number of nitrogens with zero attached hydrogens (tertiary/aromatic N) is 1. The van der Waals surface area contributed by atoms with E-state index < -0.39 is 0 Å². The summed E-state index contributed by atoms with van der Waals surface area (Å²) >= 11 is 0. The number of anilines is 1. The number of aliphatic hydroxyl groups excluding tert-OH is 1. The third-order valence-corrected chi connectivity index (χ3v) is 2.81.